The highest BCUT2D eigenvalue weighted by molar-refractivity contribution is 9.08. The molecule has 0 N–H and O–H groups in total. The van der Waals surface area contributed by atoms with Crippen LogP contribution in [0.15, 0.2) is 18.2 Å². The van der Waals surface area contributed by atoms with Crippen LogP contribution in [0.4, 0.5) is 0 Å². The van der Waals surface area contributed by atoms with Crippen LogP contribution in [0.5, 0.6) is 0 Å². The van der Waals surface area contributed by atoms with Gasteiger partial charge in [-0.2, -0.15) is 0 Å². The van der Waals surface area contributed by atoms with Crippen molar-refractivity contribution in [1.82, 2.24) is 0 Å². The first-order valence-corrected chi connectivity index (χ1v) is 8.81. The van der Waals surface area contributed by atoms with Gasteiger partial charge in [0.2, 0.25) is 0 Å². The zero-order chi connectivity index (χ0) is 14.1. The molecule has 1 aliphatic rings. The Kier molecular flexibility index (Phi) is 4.45. The molecule has 0 aliphatic heterocycles. The lowest BCUT2D eigenvalue weighted by Gasteiger charge is -2.45. The summed E-state index contributed by atoms with van der Waals surface area (Å²) in [5.41, 5.74) is 5.43. The third-order valence-corrected chi connectivity index (χ3v) is 5.82. The summed E-state index contributed by atoms with van der Waals surface area (Å²) in [7, 11) is 0. The third kappa shape index (κ3) is 2.63. The second-order valence-electron chi connectivity index (χ2n) is 6.78. The normalized spacial score (nSPS) is 25.1. The molecule has 0 radical (unpaired) electrons. The standard InChI is InChI=1S/C18H27Br/c1-5-9-18(6-2)11-10-17(3,4)15-8-7-14(13-19)12-16(15)18/h7-8,12H,5-6,9-11,13H2,1-4H3. The van der Waals surface area contributed by atoms with Crippen molar-refractivity contribution in [3.05, 3.63) is 34.9 Å². The first-order valence-electron chi connectivity index (χ1n) is 7.69. The van der Waals surface area contributed by atoms with Crippen LogP contribution in [0, 0.1) is 0 Å². The number of alkyl halides is 1. The van der Waals surface area contributed by atoms with Crippen LogP contribution in [0.1, 0.15) is 76.5 Å². The predicted octanol–water partition coefficient (Wildman–Crippen LogP) is 6.10. The minimum absolute atomic E-state index is 0.340. The van der Waals surface area contributed by atoms with E-state index >= 15 is 0 Å². The molecule has 106 valence electrons. The van der Waals surface area contributed by atoms with Crippen molar-refractivity contribution in [2.45, 2.75) is 76.0 Å². The summed E-state index contributed by atoms with van der Waals surface area (Å²) in [5.74, 6) is 0. The van der Waals surface area contributed by atoms with Crippen molar-refractivity contribution in [3.8, 4) is 0 Å². The van der Waals surface area contributed by atoms with Crippen LogP contribution >= 0.6 is 15.9 Å². The molecule has 0 amide bonds. The Bertz CT molecular complexity index is 447. The summed E-state index contributed by atoms with van der Waals surface area (Å²) in [5, 5.41) is 0.965. The van der Waals surface area contributed by atoms with E-state index in [4.69, 9.17) is 0 Å². The number of halogens is 1. The molecule has 1 heteroatoms. The maximum Gasteiger partial charge on any atom is 0.0283 e. The van der Waals surface area contributed by atoms with E-state index in [-0.39, 0.29) is 0 Å². The van der Waals surface area contributed by atoms with E-state index in [0.717, 1.165) is 5.33 Å². The Morgan fingerprint density at radius 2 is 1.84 bits per heavy atom. The molecule has 1 aliphatic carbocycles. The van der Waals surface area contributed by atoms with Crippen molar-refractivity contribution in [2.75, 3.05) is 0 Å². The molecule has 0 aromatic heterocycles. The Morgan fingerprint density at radius 3 is 2.42 bits per heavy atom. The van der Waals surface area contributed by atoms with E-state index in [2.05, 4.69) is 61.8 Å². The molecule has 1 atom stereocenters. The summed E-state index contributed by atoms with van der Waals surface area (Å²) in [4.78, 5) is 0. The van der Waals surface area contributed by atoms with Crippen molar-refractivity contribution < 1.29 is 0 Å². The van der Waals surface area contributed by atoms with E-state index in [1.54, 1.807) is 11.1 Å². The van der Waals surface area contributed by atoms with Gasteiger partial charge in [-0.15, -0.1) is 0 Å². The highest BCUT2D eigenvalue weighted by Crippen LogP contribution is 2.50. The number of fused-ring (bicyclic) bond motifs is 1. The molecule has 0 saturated carbocycles. The smallest absolute Gasteiger partial charge is 0.0283 e. The summed E-state index contributed by atoms with van der Waals surface area (Å²) < 4.78 is 0. The number of benzene rings is 1. The third-order valence-electron chi connectivity index (χ3n) is 5.17. The van der Waals surface area contributed by atoms with Gasteiger partial charge >= 0.3 is 0 Å². The monoisotopic (exact) mass is 322 g/mol. The fourth-order valence-corrected chi connectivity index (χ4v) is 4.16. The fourth-order valence-electron chi connectivity index (χ4n) is 3.81. The second-order valence-corrected chi connectivity index (χ2v) is 7.34. The van der Waals surface area contributed by atoms with Crippen molar-refractivity contribution >= 4 is 15.9 Å². The summed E-state index contributed by atoms with van der Waals surface area (Å²) >= 11 is 3.61. The van der Waals surface area contributed by atoms with Crippen LogP contribution in [0.2, 0.25) is 0 Å². The predicted molar refractivity (Wildman–Crippen MR) is 88.2 cm³/mol. The molecular weight excluding hydrogens is 296 g/mol. The van der Waals surface area contributed by atoms with Crippen LogP contribution in [-0.4, -0.2) is 0 Å². The van der Waals surface area contributed by atoms with Crippen molar-refractivity contribution in [2.24, 2.45) is 0 Å². The number of hydrogen-bond donors (Lipinski definition) is 0. The van der Waals surface area contributed by atoms with Gasteiger partial charge in [0.15, 0.2) is 0 Å². The zero-order valence-corrected chi connectivity index (χ0v) is 14.4. The molecule has 1 aromatic rings. The summed E-state index contributed by atoms with van der Waals surface area (Å²) in [6, 6.07) is 7.17. The largest absolute Gasteiger partial charge is 0.0876 e. The summed E-state index contributed by atoms with van der Waals surface area (Å²) in [6.07, 6.45) is 6.56. The Labute approximate surface area is 127 Å². The van der Waals surface area contributed by atoms with E-state index < -0.39 is 0 Å². The van der Waals surface area contributed by atoms with Gasteiger partial charge in [-0.3, -0.25) is 0 Å². The van der Waals surface area contributed by atoms with Gasteiger partial charge in [-0.1, -0.05) is 68.2 Å². The molecule has 0 fully saturated rings. The molecule has 19 heavy (non-hydrogen) atoms. The van der Waals surface area contributed by atoms with Gasteiger partial charge in [0.1, 0.15) is 0 Å². The first-order chi connectivity index (χ1) is 8.99. The second kappa shape index (κ2) is 5.60. The average molecular weight is 323 g/mol. The Balaban J connectivity index is 2.59. The van der Waals surface area contributed by atoms with E-state index in [1.807, 2.05) is 0 Å². The topological polar surface area (TPSA) is 0 Å². The Morgan fingerprint density at radius 1 is 1.11 bits per heavy atom. The minimum Gasteiger partial charge on any atom is -0.0876 e. The van der Waals surface area contributed by atoms with Gasteiger partial charge in [0, 0.05) is 5.33 Å². The van der Waals surface area contributed by atoms with Crippen LogP contribution in [0.3, 0.4) is 0 Å². The number of rotatable bonds is 4. The zero-order valence-electron chi connectivity index (χ0n) is 12.9. The molecule has 2 rings (SSSR count). The van der Waals surface area contributed by atoms with Gasteiger partial charge in [0.05, 0.1) is 0 Å². The SMILES string of the molecule is CCCC1(CC)CCC(C)(C)c2ccc(CBr)cc21. The van der Waals surface area contributed by atoms with Crippen LogP contribution in [0.25, 0.3) is 0 Å². The maximum absolute atomic E-state index is 3.61. The minimum atomic E-state index is 0.340. The van der Waals surface area contributed by atoms with Crippen molar-refractivity contribution in [1.29, 1.82) is 0 Å². The quantitative estimate of drug-likeness (QED) is 0.587. The Hall–Kier alpha value is -0.300. The molecular formula is C18H27Br. The molecule has 0 saturated heterocycles. The van der Waals surface area contributed by atoms with E-state index in [1.165, 1.54) is 37.7 Å². The van der Waals surface area contributed by atoms with Gasteiger partial charge in [-0.05, 0) is 53.2 Å². The lowest BCUT2D eigenvalue weighted by molar-refractivity contribution is 0.266. The molecule has 1 aromatic carbocycles. The van der Waals surface area contributed by atoms with Crippen LogP contribution < -0.4 is 0 Å². The molecule has 0 heterocycles. The first kappa shape index (κ1) is 15.1. The van der Waals surface area contributed by atoms with E-state index in [0.29, 0.717) is 10.8 Å². The summed E-state index contributed by atoms with van der Waals surface area (Å²) in [6.45, 7) is 9.51. The molecule has 0 spiro atoms. The highest BCUT2D eigenvalue weighted by Gasteiger charge is 2.40. The molecule has 1 unspecified atom stereocenters. The highest BCUT2D eigenvalue weighted by atomic mass is 79.9. The maximum atomic E-state index is 3.61. The fraction of sp³-hybridized carbons (Fsp3) is 0.667. The van der Waals surface area contributed by atoms with Gasteiger partial charge < -0.3 is 0 Å². The van der Waals surface area contributed by atoms with Crippen molar-refractivity contribution in [3.63, 3.8) is 0 Å². The van der Waals surface area contributed by atoms with E-state index in [9.17, 15) is 0 Å². The lowest BCUT2D eigenvalue weighted by Crippen LogP contribution is -2.37. The van der Waals surface area contributed by atoms with Crippen LogP contribution in [-0.2, 0) is 16.2 Å². The van der Waals surface area contributed by atoms with Gasteiger partial charge in [0.25, 0.3) is 0 Å². The van der Waals surface area contributed by atoms with Gasteiger partial charge in [-0.25, -0.2) is 0 Å². The lowest BCUT2D eigenvalue weighted by atomic mass is 9.59. The molecule has 0 nitrogen and oxygen atoms in total. The number of hydrogen-bond acceptors (Lipinski definition) is 0. The molecule has 0 bridgehead atoms. The average Bonchev–Trinajstić information content (AvgIpc) is 2.42.